The average Bonchev–Trinajstić information content (AvgIpc) is 3.34. The van der Waals surface area contributed by atoms with Crippen LogP contribution in [-0.2, 0) is 16.0 Å². The molecule has 0 saturated carbocycles. The zero-order valence-corrected chi connectivity index (χ0v) is 15.3. The molecule has 0 spiro atoms. The van der Waals surface area contributed by atoms with Crippen molar-refractivity contribution in [2.45, 2.75) is 26.4 Å². The first-order valence-electron chi connectivity index (χ1n) is 8.27. The fourth-order valence-corrected chi connectivity index (χ4v) is 3.04. The lowest BCUT2D eigenvalue weighted by atomic mass is 10.1. The summed E-state index contributed by atoms with van der Waals surface area (Å²) >= 11 is 1.33. The number of ether oxygens (including phenoxy) is 1. The molecule has 6 nitrogen and oxygen atoms in total. The molecule has 0 radical (unpaired) electrons. The molecule has 134 valence electrons. The van der Waals surface area contributed by atoms with Crippen LogP contribution in [0.2, 0.25) is 0 Å². The number of esters is 1. The number of nitrogens with zero attached hydrogens (tertiary/aromatic N) is 1. The second kappa shape index (κ2) is 7.97. The zero-order valence-electron chi connectivity index (χ0n) is 14.5. The van der Waals surface area contributed by atoms with Crippen LogP contribution in [-0.4, -0.2) is 27.9 Å². The van der Waals surface area contributed by atoms with E-state index < -0.39 is 18.0 Å². The fourth-order valence-electron chi connectivity index (χ4n) is 2.32. The monoisotopic (exact) mass is 369 g/mol. The number of nitrogens with one attached hydrogen (secondary N) is 2. The molecule has 0 aliphatic carbocycles. The molecule has 1 atom stereocenters. The molecule has 0 bridgehead atoms. The molecule has 3 aromatic rings. The number of hydrogen-bond donors (Lipinski definition) is 2. The molecule has 3 rings (SSSR count). The lowest BCUT2D eigenvalue weighted by molar-refractivity contribution is -0.123. The molecule has 2 heterocycles. The number of amides is 1. The van der Waals surface area contributed by atoms with Crippen LogP contribution >= 0.6 is 11.3 Å². The zero-order chi connectivity index (χ0) is 18.5. The van der Waals surface area contributed by atoms with Crippen LogP contribution in [0, 0.1) is 0 Å². The summed E-state index contributed by atoms with van der Waals surface area (Å²) in [4.78, 5) is 31.3. The highest BCUT2D eigenvalue weighted by molar-refractivity contribution is 7.14. The van der Waals surface area contributed by atoms with Gasteiger partial charge in [-0.15, -0.1) is 11.3 Å². The van der Waals surface area contributed by atoms with Crippen molar-refractivity contribution in [1.29, 1.82) is 0 Å². The number of aryl methyl sites for hydroxylation is 1. The van der Waals surface area contributed by atoms with E-state index >= 15 is 0 Å². The van der Waals surface area contributed by atoms with Crippen LogP contribution in [0.1, 0.15) is 29.9 Å². The summed E-state index contributed by atoms with van der Waals surface area (Å²) < 4.78 is 5.14. The molecule has 0 aliphatic rings. The Labute approximate surface area is 155 Å². The maximum Gasteiger partial charge on any atom is 0.355 e. The Kier molecular flexibility index (Phi) is 5.48. The first kappa shape index (κ1) is 17.9. The minimum absolute atomic E-state index is 0.303. The van der Waals surface area contributed by atoms with Gasteiger partial charge in [0.2, 0.25) is 0 Å². The quantitative estimate of drug-likeness (QED) is 0.646. The Morgan fingerprint density at radius 1 is 1.27 bits per heavy atom. The minimum atomic E-state index is -0.929. The summed E-state index contributed by atoms with van der Waals surface area (Å²) in [7, 11) is 0. The molecular weight excluding hydrogens is 350 g/mol. The molecule has 0 fully saturated rings. The molecule has 0 aliphatic heterocycles. The van der Waals surface area contributed by atoms with Crippen molar-refractivity contribution < 1.29 is 14.3 Å². The molecule has 1 amide bonds. The van der Waals surface area contributed by atoms with E-state index in [1.165, 1.54) is 23.8 Å². The Balaban J connectivity index is 1.60. The number of anilines is 1. The van der Waals surface area contributed by atoms with Gasteiger partial charge < -0.3 is 9.72 Å². The van der Waals surface area contributed by atoms with Crippen molar-refractivity contribution in [3.8, 4) is 11.3 Å². The molecule has 2 aromatic heterocycles. The minimum Gasteiger partial charge on any atom is -0.448 e. The normalized spacial score (nSPS) is 11.8. The standard InChI is InChI=1S/C19H19N3O3S/c1-3-13-6-8-14(9-7-13)16-11-26-19(21-16)22-17(23)12(2)25-18(24)15-5-4-10-20-15/h4-12,20H,3H2,1-2H3,(H,21,22,23)/t12-/m1/s1. The molecule has 26 heavy (non-hydrogen) atoms. The van der Waals surface area contributed by atoms with Gasteiger partial charge in [0.15, 0.2) is 11.2 Å². The highest BCUT2D eigenvalue weighted by Gasteiger charge is 2.20. The second-order valence-corrected chi connectivity index (χ2v) is 6.57. The Bertz CT molecular complexity index is 885. The van der Waals surface area contributed by atoms with Gasteiger partial charge in [0.25, 0.3) is 5.91 Å². The first-order chi connectivity index (χ1) is 12.6. The van der Waals surface area contributed by atoms with E-state index in [1.54, 1.807) is 18.3 Å². The smallest absolute Gasteiger partial charge is 0.355 e. The summed E-state index contributed by atoms with van der Waals surface area (Å²) in [6, 6.07) is 11.4. The van der Waals surface area contributed by atoms with Gasteiger partial charge >= 0.3 is 5.97 Å². The molecule has 2 N–H and O–H groups in total. The van der Waals surface area contributed by atoms with E-state index in [9.17, 15) is 9.59 Å². The number of thiazole rings is 1. The van der Waals surface area contributed by atoms with E-state index in [4.69, 9.17) is 4.74 Å². The number of aromatic nitrogens is 2. The van der Waals surface area contributed by atoms with Crippen LogP contribution in [0.4, 0.5) is 5.13 Å². The molecule has 1 aromatic carbocycles. The van der Waals surface area contributed by atoms with Gasteiger partial charge in [-0.3, -0.25) is 10.1 Å². The van der Waals surface area contributed by atoms with Crippen molar-refractivity contribution in [3.05, 3.63) is 59.2 Å². The van der Waals surface area contributed by atoms with Crippen LogP contribution in [0.15, 0.2) is 48.0 Å². The van der Waals surface area contributed by atoms with Crippen LogP contribution in [0.3, 0.4) is 0 Å². The molecule has 0 saturated heterocycles. The van der Waals surface area contributed by atoms with E-state index in [0.717, 1.165) is 17.7 Å². The molecule has 7 heteroatoms. The number of carbonyl (C=O) groups excluding carboxylic acids is 2. The fraction of sp³-hybridized carbons (Fsp3) is 0.211. The predicted molar refractivity (Wildman–Crippen MR) is 101 cm³/mol. The third kappa shape index (κ3) is 4.18. The highest BCUT2D eigenvalue weighted by Crippen LogP contribution is 2.25. The van der Waals surface area contributed by atoms with Gasteiger partial charge in [0.05, 0.1) is 5.69 Å². The Morgan fingerprint density at radius 3 is 2.69 bits per heavy atom. The van der Waals surface area contributed by atoms with Gasteiger partial charge in [0.1, 0.15) is 5.69 Å². The summed E-state index contributed by atoms with van der Waals surface area (Å²) in [6.07, 6.45) is 1.67. The maximum atomic E-state index is 12.2. The number of hydrogen-bond acceptors (Lipinski definition) is 5. The van der Waals surface area contributed by atoms with Crippen molar-refractivity contribution in [2.24, 2.45) is 0 Å². The predicted octanol–water partition coefficient (Wildman–Crippen LogP) is 3.88. The Hall–Kier alpha value is -2.93. The van der Waals surface area contributed by atoms with Crippen molar-refractivity contribution in [1.82, 2.24) is 9.97 Å². The van der Waals surface area contributed by atoms with Crippen molar-refractivity contribution in [2.75, 3.05) is 5.32 Å². The highest BCUT2D eigenvalue weighted by atomic mass is 32.1. The van der Waals surface area contributed by atoms with Crippen molar-refractivity contribution >= 4 is 28.3 Å². The number of aromatic amines is 1. The summed E-state index contributed by atoms with van der Waals surface area (Å²) in [6.45, 7) is 3.63. The summed E-state index contributed by atoms with van der Waals surface area (Å²) in [5.74, 6) is -0.999. The number of carbonyl (C=O) groups is 2. The van der Waals surface area contributed by atoms with Gasteiger partial charge in [-0.05, 0) is 31.0 Å². The van der Waals surface area contributed by atoms with E-state index in [-0.39, 0.29) is 0 Å². The van der Waals surface area contributed by atoms with E-state index in [2.05, 4.69) is 34.3 Å². The summed E-state index contributed by atoms with van der Waals surface area (Å²) in [5.41, 5.74) is 3.35. The van der Waals surface area contributed by atoms with Gasteiger partial charge in [-0.1, -0.05) is 31.2 Å². The third-order valence-corrected chi connectivity index (χ3v) is 4.62. The lowest BCUT2D eigenvalue weighted by Crippen LogP contribution is -2.30. The molecule has 0 unspecified atom stereocenters. The summed E-state index contributed by atoms with van der Waals surface area (Å²) in [5, 5.41) is 5.03. The van der Waals surface area contributed by atoms with Gasteiger partial charge in [-0.2, -0.15) is 0 Å². The van der Waals surface area contributed by atoms with Crippen LogP contribution in [0.5, 0.6) is 0 Å². The average molecular weight is 369 g/mol. The first-order valence-corrected chi connectivity index (χ1v) is 9.15. The maximum absolute atomic E-state index is 12.2. The van der Waals surface area contributed by atoms with E-state index in [0.29, 0.717) is 10.8 Å². The number of benzene rings is 1. The SMILES string of the molecule is CCc1ccc(-c2csc(NC(=O)[C@@H](C)OC(=O)c3ccc[nH]3)n2)cc1. The lowest BCUT2D eigenvalue weighted by Gasteiger charge is -2.11. The molecular formula is C19H19N3O3S. The van der Waals surface area contributed by atoms with Crippen LogP contribution in [0.25, 0.3) is 11.3 Å². The third-order valence-electron chi connectivity index (χ3n) is 3.86. The topological polar surface area (TPSA) is 84.1 Å². The van der Waals surface area contributed by atoms with E-state index in [1.807, 2.05) is 17.5 Å². The van der Waals surface area contributed by atoms with Crippen molar-refractivity contribution in [3.63, 3.8) is 0 Å². The largest absolute Gasteiger partial charge is 0.448 e. The Morgan fingerprint density at radius 2 is 2.04 bits per heavy atom. The van der Waals surface area contributed by atoms with Crippen LogP contribution < -0.4 is 5.32 Å². The second-order valence-electron chi connectivity index (χ2n) is 5.71. The number of rotatable bonds is 6. The van der Waals surface area contributed by atoms with Gasteiger partial charge in [-0.25, -0.2) is 9.78 Å². The number of H-pyrrole nitrogens is 1. The van der Waals surface area contributed by atoms with Gasteiger partial charge in [0, 0.05) is 17.1 Å².